The minimum Gasteiger partial charge on any atom is -0.325 e. The molecule has 1 N–H and O–H groups in total. The molecule has 0 saturated carbocycles. The molecule has 0 bridgehead atoms. The van der Waals surface area contributed by atoms with Crippen LogP contribution in [0.3, 0.4) is 0 Å². The van der Waals surface area contributed by atoms with Gasteiger partial charge in [-0.15, -0.1) is 10.2 Å². The fourth-order valence-electron chi connectivity index (χ4n) is 3.87. The van der Waals surface area contributed by atoms with E-state index in [1.165, 1.54) is 28.5 Å². The van der Waals surface area contributed by atoms with Gasteiger partial charge in [0.1, 0.15) is 0 Å². The zero-order chi connectivity index (χ0) is 25.9. The molecule has 0 radical (unpaired) electrons. The number of nitrogens with zero attached hydrogens (tertiary/aromatic N) is 3. The van der Waals surface area contributed by atoms with Crippen molar-refractivity contribution in [2.75, 3.05) is 11.1 Å². The maximum atomic E-state index is 12.7. The van der Waals surface area contributed by atoms with E-state index in [0.29, 0.717) is 11.1 Å². The van der Waals surface area contributed by atoms with Crippen molar-refractivity contribution in [3.05, 3.63) is 89.5 Å². The second kappa shape index (κ2) is 10.7. The number of aromatic nitrogens is 3. The minimum atomic E-state index is -0.0770. The Kier molecular flexibility index (Phi) is 7.65. The molecule has 36 heavy (non-hydrogen) atoms. The fraction of sp³-hybridized carbons (Fsp3) is 0.300. The Morgan fingerprint density at radius 2 is 1.56 bits per heavy atom. The average molecular weight is 499 g/mol. The zero-order valence-corrected chi connectivity index (χ0v) is 22.7. The van der Waals surface area contributed by atoms with Gasteiger partial charge in [0.2, 0.25) is 5.91 Å². The van der Waals surface area contributed by atoms with Crippen molar-refractivity contribution in [3.63, 3.8) is 0 Å². The molecule has 0 aliphatic carbocycles. The Labute approximate surface area is 218 Å². The largest absolute Gasteiger partial charge is 0.325 e. The minimum absolute atomic E-state index is 0.0760. The molecular formula is C30H34N4OS. The first-order chi connectivity index (χ1) is 17.1. The lowest BCUT2D eigenvalue weighted by Crippen LogP contribution is -2.14. The molecule has 4 rings (SSSR count). The summed E-state index contributed by atoms with van der Waals surface area (Å²) in [7, 11) is 0. The van der Waals surface area contributed by atoms with E-state index in [1.807, 2.05) is 16.7 Å². The van der Waals surface area contributed by atoms with E-state index in [1.54, 1.807) is 0 Å². The van der Waals surface area contributed by atoms with E-state index >= 15 is 0 Å². The molecule has 1 amide bonds. The summed E-state index contributed by atoms with van der Waals surface area (Å²) in [5.41, 5.74) is 6.51. The summed E-state index contributed by atoms with van der Waals surface area (Å²) in [4.78, 5) is 12.7. The van der Waals surface area contributed by atoms with Crippen molar-refractivity contribution < 1.29 is 4.79 Å². The maximum Gasteiger partial charge on any atom is 0.234 e. The number of hydrogen-bond donors (Lipinski definition) is 1. The lowest BCUT2D eigenvalue weighted by Gasteiger charge is -2.19. The number of aryl methyl sites for hydroxylation is 1. The third-order valence-corrected chi connectivity index (χ3v) is 7.06. The van der Waals surface area contributed by atoms with Crippen LogP contribution in [0.15, 0.2) is 78.0 Å². The van der Waals surface area contributed by atoms with Gasteiger partial charge < -0.3 is 5.32 Å². The Morgan fingerprint density at radius 1 is 0.917 bits per heavy atom. The number of hydrogen-bond acceptors (Lipinski definition) is 4. The van der Waals surface area contributed by atoms with Crippen molar-refractivity contribution in [1.29, 1.82) is 0 Å². The first kappa shape index (κ1) is 25.7. The summed E-state index contributed by atoms with van der Waals surface area (Å²) < 4.78 is 2.03. The molecule has 6 heteroatoms. The molecule has 0 aliphatic rings. The Morgan fingerprint density at radius 3 is 2.14 bits per heavy atom. The van der Waals surface area contributed by atoms with Gasteiger partial charge in [0, 0.05) is 16.9 Å². The summed E-state index contributed by atoms with van der Waals surface area (Å²) in [6.45, 7) is 13.0. The van der Waals surface area contributed by atoms with Crippen LogP contribution >= 0.6 is 11.8 Å². The Bertz CT molecular complexity index is 1320. The number of rotatable bonds is 7. The van der Waals surface area contributed by atoms with E-state index in [4.69, 9.17) is 0 Å². The second-order valence-electron chi connectivity index (χ2n) is 10.4. The molecule has 0 spiro atoms. The van der Waals surface area contributed by atoms with E-state index in [9.17, 15) is 4.79 Å². The highest BCUT2D eigenvalue weighted by Crippen LogP contribution is 2.30. The van der Waals surface area contributed by atoms with Gasteiger partial charge in [0.25, 0.3) is 0 Å². The number of carbonyl (C=O) groups is 1. The first-order valence-electron chi connectivity index (χ1n) is 12.3. The second-order valence-corrected chi connectivity index (χ2v) is 11.4. The molecule has 3 aromatic carbocycles. The summed E-state index contributed by atoms with van der Waals surface area (Å²) in [6, 6.07) is 24.8. The maximum absolute atomic E-state index is 12.7. The van der Waals surface area contributed by atoms with Crippen molar-refractivity contribution in [3.8, 4) is 17.1 Å². The van der Waals surface area contributed by atoms with E-state index in [0.717, 1.165) is 22.8 Å². The van der Waals surface area contributed by atoms with Crippen LogP contribution in [0.4, 0.5) is 5.69 Å². The van der Waals surface area contributed by atoms with Crippen LogP contribution in [0.1, 0.15) is 57.2 Å². The quantitative estimate of drug-likeness (QED) is 0.270. The van der Waals surface area contributed by atoms with Crippen molar-refractivity contribution in [1.82, 2.24) is 14.8 Å². The van der Waals surface area contributed by atoms with Gasteiger partial charge in [0.05, 0.1) is 5.75 Å². The van der Waals surface area contributed by atoms with E-state index < -0.39 is 0 Å². The number of nitrogens with one attached hydrogen (secondary N) is 1. The molecule has 0 saturated heterocycles. The predicted octanol–water partition coefficient (Wildman–Crippen LogP) is 7.39. The third-order valence-electron chi connectivity index (χ3n) is 6.13. The van der Waals surface area contributed by atoms with Crippen molar-refractivity contribution >= 4 is 23.4 Å². The van der Waals surface area contributed by atoms with Gasteiger partial charge in [-0.3, -0.25) is 9.36 Å². The highest BCUT2D eigenvalue weighted by molar-refractivity contribution is 7.99. The average Bonchev–Trinajstić information content (AvgIpc) is 3.27. The summed E-state index contributed by atoms with van der Waals surface area (Å²) in [5.74, 6) is 1.37. The fourth-order valence-corrected chi connectivity index (χ4v) is 4.63. The number of thioether (sulfide) groups is 1. The molecule has 0 unspecified atom stereocenters. The molecule has 0 aliphatic heterocycles. The van der Waals surface area contributed by atoms with Crippen LogP contribution in [-0.4, -0.2) is 26.4 Å². The van der Waals surface area contributed by atoms with Crippen LogP contribution < -0.4 is 5.32 Å². The summed E-state index contributed by atoms with van der Waals surface area (Å²) >= 11 is 1.38. The SMILES string of the molecule is Cc1ccc(-n2c(SCC(=O)Nc3ccc(C(C)C)cc3)nnc2-c2ccc(C(C)(C)C)cc2)cc1. The normalized spacial score (nSPS) is 11.6. The number of anilines is 1. The van der Waals surface area contributed by atoms with E-state index in [2.05, 4.69) is 118 Å². The van der Waals surface area contributed by atoms with Gasteiger partial charge in [-0.25, -0.2) is 0 Å². The van der Waals surface area contributed by atoms with Crippen molar-refractivity contribution in [2.45, 2.75) is 58.0 Å². The van der Waals surface area contributed by atoms with Gasteiger partial charge >= 0.3 is 0 Å². The smallest absolute Gasteiger partial charge is 0.234 e. The first-order valence-corrected chi connectivity index (χ1v) is 13.3. The Hall–Kier alpha value is -3.38. The lowest BCUT2D eigenvalue weighted by molar-refractivity contribution is -0.113. The number of carbonyl (C=O) groups excluding carboxylic acids is 1. The summed E-state index contributed by atoms with van der Waals surface area (Å²) in [6.07, 6.45) is 0. The molecule has 1 heterocycles. The van der Waals surface area contributed by atoms with Gasteiger partial charge in [-0.1, -0.05) is 100 Å². The third kappa shape index (κ3) is 6.05. The van der Waals surface area contributed by atoms with Gasteiger partial charge in [-0.2, -0.15) is 0 Å². The zero-order valence-electron chi connectivity index (χ0n) is 21.9. The number of benzene rings is 3. The molecule has 5 nitrogen and oxygen atoms in total. The molecule has 0 atom stereocenters. The summed E-state index contributed by atoms with van der Waals surface area (Å²) in [5, 5.41) is 12.7. The van der Waals surface area contributed by atoms with Gasteiger partial charge in [-0.05, 0) is 53.6 Å². The molecule has 0 fully saturated rings. The molecule has 186 valence electrons. The van der Waals surface area contributed by atoms with Crippen LogP contribution in [0.2, 0.25) is 0 Å². The highest BCUT2D eigenvalue weighted by Gasteiger charge is 2.19. The molecule has 1 aromatic heterocycles. The number of amides is 1. The molecular weight excluding hydrogens is 464 g/mol. The lowest BCUT2D eigenvalue weighted by atomic mass is 9.87. The molecule has 4 aromatic rings. The Balaban J connectivity index is 1.57. The van der Waals surface area contributed by atoms with Gasteiger partial charge in [0.15, 0.2) is 11.0 Å². The van der Waals surface area contributed by atoms with E-state index in [-0.39, 0.29) is 17.1 Å². The van der Waals surface area contributed by atoms with Crippen molar-refractivity contribution in [2.24, 2.45) is 0 Å². The topological polar surface area (TPSA) is 59.8 Å². The highest BCUT2D eigenvalue weighted by atomic mass is 32.2. The van der Waals surface area contributed by atoms with Crippen LogP contribution in [0.5, 0.6) is 0 Å². The van der Waals surface area contributed by atoms with Crippen LogP contribution in [-0.2, 0) is 10.2 Å². The van der Waals surface area contributed by atoms with Crippen LogP contribution in [0.25, 0.3) is 17.1 Å². The standard InChI is InChI=1S/C30H34N4OS/c1-20(2)22-11-15-25(16-12-22)31-27(35)19-36-29-33-32-28(34(29)26-17-7-21(3)8-18-26)23-9-13-24(14-10-23)30(4,5)6/h7-18,20H,19H2,1-6H3,(H,31,35). The monoisotopic (exact) mass is 498 g/mol. The predicted molar refractivity (Wildman–Crippen MR) is 150 cm³/mol. The van der Waals surface area contributed by atoms with Crippen LogP contribution in [0, 0.1) is 6.92 Å².